The number of rotatable bonds is 4. The summed E-state index contributed by atoms with van der Waals surface area (Å²) in [5, 5.41) is 2.66. The summed E-state index contributed by atoms with van der Waals surface area (Å²) < 4.78 is 5.44. The Kier molecular flexibility index (Phi) is 5.15. The van der Waals surface area contributed by atoms with E-state index in [2.05, 4.69) is 26.0 Å². The Bertz CT molecular complexity index is 432. The molecule has 0 atom stereocenters. The minimum absolute atomic E-state index is 0.178. The molecule has 1 N–H and O–H groups in total. The highest BCUT2D eigenvalue weighted by Crippen LogP contribution is 2.16. The fourth-order valence-corrected chi connectivity index (χ4v) is 1.51. The van der Waals surface area contributed by atoms with E-state index in [-0.39, 0.29) is 24.8 Å². The summed E-state index contributed by atoms with van der Waals surface area (Å²) in [4.78, 5) is 22.5. The highest BCUT2D eigenvalue weighted by atomic mass is 79.9. The van der Waals surface area contributed by atoms with E-state index < -0.39 is 0 Å². The van der Waals surface area contributed by atoms with Crippen molar-refractivity contribution in [3.63, 3.8) is 0 Å². The second-order valence-corrected chi connectivity index (χ2v) is 4.40. The van der Waals surface area contributed by atoms with Crippen molar-refractivity contribution < 1.29 is 14.3 Å². The number of hydrogen-bond acceptors (Lipinski definition) is 3. The summed E-state index contributed by atoms with van der Waals surface area (Å²) in [5.74, 6) is -0.526. The summed E-state index contributed by atoms with van der Waals surface area (Å²) in [6.45, 7) is 2.19. The Labute approximate surface area is 108 Å². The number of halogens is 1. The van der Waals surface area contributed by atoms with Crippen LogP contribution in [0.4, 0.5) is 0 Å². The Morgan fingerprint density at radius 1 is 1.41 bits per heavy atom. The number of carbonyl (C=O) groups excluding carboxylic acids is 2. The highest BCUT2D eigenvalue weighted by molar-refractivity contribution is 9.10. The molecule has 92 valence electrons. The van der Waals surface area contributed by atoms with Gasteiger partial charge in [0.1, 0.15) is 0 Å². The number of carbonyl (C=O) groups is 2. The molecule has 1 aromatic rings. The van der Waals surface area contributed by atoms with E-state index in [0.29, 0.717) is 5.56 Å². The molecule has 17 heavy (non-hydrogen) atoms. The average Bonchev–Trinajstić information content (AvgIpc) is 2.32. The lowest BCUT2D eigenvalue weighted by Crippen LogP contribution is -2.26. The molecule has 0 aromatic heterocycles. The minimum Gasteiger partial charge on any atom is -0.469 e. The second kappa shape index (κ2) is 6.39. The van der Waals surface area contributed by atoms with E-state index in [1.807, 2.05) is 13.0 Å². The molecular formula is C12H14BrNO3. The van der Waals surface area contributed by atoms with E-state index in [4.69, 9.17) is 0 Å². The molecule has 0 bridgehead atoms. The summed E-state index contributed by atoms with van der Waals surface area (Å²) in [7, 11) is 1.32. The fourth-order valence-electron chi connectivity index (χ4n) is 1.27. The van der Waals surface area contributed by atoms with Gasteiger partial charge < -0.3 is 10.1 Å². The Morgan fingerprint density at radius 2 is 2.12 bits per heavy atom. The molecule has 0 fully saturated rings. The van der Waals surface area contributed by atoms with Gasteiger partial charge in [-0.1, -0.05) is 15.9 Å². The second-order valence-electron chi connectivity index (χ2n) is 3.55. The molecule has 0 aliphatic rings. The zero-order valence-electron chi connectivity index (χ0n) is 9.75. The fraction of sp³-hybridized carbons (Fsp3) is 0.333. The van der Waals surface area contributed by atoms with Crippen LogP contribution in [0.15, 0.2) is 22.7 Å². The standard InChI is InChI=1S/C12H14BrNO3/c1-8-7-9(3-4-10(8)13)12(16)14-6-5-11(15)17-2/h3-4,7H,5-6H2,1-2H3,(H,14,16). The van der Waals surface area contributed by atoms with Crippen molar-refractivity contribution >= 4 is 27.8 Å². The van der Waals surface area contributed by atoms with Crippen molar-refractivity contribution in [2.75, 3.05) is 13.7 Å². The van der Waals surface area contributed by atoms with E-state index in [1.54, 1.807) is 12.1 Å². The van der Waals surface area contributed by atoms with Crippen LogP contribution in [0.3, 0.4) is 0 Å². The number of amides is 1. The van der Waals surface area contributed by atoms with Crippen LogP contribution in [0, 0.1) is 6.92 Å². The summed E-state index contributed by atoms with van der Waals surface area (Å²) in [6.07, 6.45) is 0.178. The van der Waals surface area contributed by atoms with Gasteiger partial charge in [0, 0.05) is 16.6 Å². The molecule has 0 saturated heterocycles. The number of hydrogen-bond donors (Lipinski definition) is 1. The molecule has 0 heterocycles. The van der Waals surface area contributed by atoms with Gasteiger partial charge in [-0.3, -0.25) is 9.59 Å². The third kappa shape index (κ3) is 4.19. The molecule has 0 radical (unpaired) electrons. The maximum Gasteiger partial charge on any atom is 0.307 e. The van der Waals surface area contributed by atoms with Gasteiger partial charge in [-0.25, -0.2) is 0 Å². The Balaban J connectivity index is 2.52. The first-order chi connectivity index (χ1) is 8.04. The normalized spacial score (nSPS) is 9.82. The summed E-state index contributed by atoms with van der Waals surface area (Å²) in [5.41, 5.74) is 1.57. The smallest absolute Gasteiger partial charge is 0.307 e. The third-order valence-corrected chi connectivity index (χ3v) is 3.15. The van der Waals surface area contributed by atoms with Gasteiger partial charge in [-0.15, -0.1) is 0 Å². The zero-order chi connectivity index (χ0) is 12.8. The van der Waals surface area contributed by atoms with E-state index in [1.165, 1.54) is 7.11 Å². The van der Waals surface area contributed by atoms with E-state index >= 15 is 0 Å². The van der Waals surface area contributed by atoms with Crippen LogP contribution in [-0.4, -0.2) is 25.5 Å². The molecule has 5 heteroatoms. The molecule has 0 aliphatic heterocycles. The van der Waals surface area contributed by atoms with Gasteiger partial charge in [-0.2, -0.15) is 0 Å². The predicted octanol–water partition coefficient (Wildman–Crippen LogP) is 2.05. The maximum absolute atomic E-state index is 11.7. The summed E-state index contributed by atoms with van der Waals surface area (Å²) >= 11 is 3.37. The van der Waals surface area contributed by atoms with Crippen LogP contribution in [0.25, 0.3) is 0 Å². The van der Waals surface area contributed by atoms with Crippen LogP contribution in [0.5, 0.6) is 0 Å². The van der Waals surface area contributed by atoms with Crippen molar-refractivity contribution in [1.82, 2.24) is 5.32 Å². The van der Waals surface area contributed by atoms with E-state index in [0.717, 1.165) is 10.0 Å². The predicted molar refractivity (Wildman–Crippen MR) is 67.8 cm³/mol. The van der Waals surface area contributed by atoms with Crippen molar-refractivity contribution in [3.05, 3.63) is 33.8 Å². The first kappa shape index (κ1) is 13.7. The van der Waals surface area contributed by atoms with Crippen LogP contribution >= 0.6 is 15.9 Å². The van der Waals surface area contributed by atoms with Gasteiger partial charge in [0.25, 0.3) is 5.91 Å². The monoisotopic (exact) mass is 299 g/mol. The van der Waals surface area contributed by atoms with Gasteiger partial charge in [-0.05, 0) is 30.7 Å². The zero-order valence-corrected chi connectivity index (χ0v) is 11.3. The van der Waals surface area contributed by atoms with Crippen LogP contribution in [0.1, 0.15) is 22.3 Å². The highest BCUT2D eigenvalue weighted by Gasteiger charge is 2.07. The summed E-state index contributed by atoms with van der Waals surface area (Å²) in [6, 6.07) is 5.34. The number of nitrogens with one attached hydrogen (secondary N) is 1. The Morgan fingerprint density at radius 3 is 2.71 bits per heavy atom. The van der Waals surface area contributed by atoms with Gasteiger partial charge >= 0.3 is 5.97 Å². The Hall–Kier alpha value is -1.36. The third-order valence-electron chi connectivity index (χ3n) is 2.26. The molecule has 0 spiro atoms. The van der Waals surface area contributed by atoms with Crippen LogP contribution in [-0.2, 0) is 9.53 Å². The lowest BCUT2D eigenvalue weighted by atomic mass is 10.1. The lowest BCUT2D eigenvalue weighted by molar-refractivity contribution is -0.140. The van der Waals surface area contributed by atoms with Gasteiger partial charge in [0.15, 0.2) is 0 Å². The molecular weight excluding hydrogens is 286 g/mol. The van der Waals surface area contributed by atoms with Crippen molar-refractivity contribution in [1.29, 1.82) is 0 Å². The van der Waals surface area contributed by atoms with Crippen molar-refractivity contribution in [2.45, 2.75) is 13.3 Å². The topological polar surface area (TPSA) is 55.4 Å². The SMILES string of the molecule is COC(=O)CCNC(=O)c1ccc(Br)c(C)c1. The minimum atomic E-state index is -0.336. The number of esters is 1. The average molecular weight is 300 g/mol. The first-order valence-electron chi connectivity index (χ1n) is 5.15. The van der Waals surface area contributed by atoms with Gasteiger partial charge in [0.05, 0.1) is 13.5 Å². The molecule has 1 aromatic carbocycles. The van der Waals surface area contributed by atoms with Crippen LogP contribution in [0.2, 0.25) is 0 Å². The molecule has 0 saturated carbocycles. The van der Waals surface area contributed by atoms with Crippen LogP contribution < -0.4 is 5.32 Å². The van der Waals surface area contributed by atoms with E-state index in [9.17, 15) is 9.59 Å². The number of benzene rings is 1. The molecule has 1 amide bonds. The maximum atomic E-state index is 11.7. The molecule has 0 unspecified atom stereocenters. The number of methoxy groups -OCH3 is 1. The molecule has 4 nitrogen and oxygen atoms in total. The lowest BCUT2D eigenvalue weighted by Gasteiger charge is -2.06. The van der Waals surface area contributed by atoms with Crippen molar-refractivity contribution in [2.24, 2.45) is 0 Å². The molecule has 0 aliphatic carbocycles. The number of aryl methyl sites for hydroxylation is 1. The largest absolute Gasteiger partial charge is 0.469 e. The quantitative estimate of drug-likeness (QED) is 0.866. The van der Waals surface area contributed by atoms with Gasteiger partial charge in [0.2, 0.25) is 0 Å². The first-order valence-corrected chi connectivity index (χ1v) is 5.95. The number of ether oxygens (including phenoxy) is 1. The molecule has 1 rings (SSSR count). The van der Waals surface area contributed by atoms with Crippen molar-refractivity contribution in [3.8, 4) is 0 Å².